The van der Waals surface area contributed by atoms with Gasteiger partial charge < -0.3 is 15.0 Å². The van der Waals surface area contributed by atoms with Crippen LogP contribution in [-0.2, 0) is 4.74 Å². The molecular formula is C11H22N4O3. The first-order chi connectivity index (χ1) is 8.43. The number of guanidine groups is 1. The number of unbranched alkanes of at least 4 members (excludes halogenated alkanes) is 1. The summed E-state index contributed by atoms with van der Waals surface area (Å²) in [6.45, 7) is 2.64. The molecule has 0 aromatic rings. The zero-order valence-electron chi connectivity index (χ0n) is 11.7. The fraction of sp³-hybridized carbons (Fsp3) is 0.727. The van der Waals surface area contributed by atoms with E-state index in [1.807, 2.05) is 6.92 Å². The second kappa shape index (κ2) is 8.32. The first kappa shape index (κ1) is 16.2. The average molecular weight is 258 g/mol. The number of carbonyl (C=O) groups excluding carboxylic acids is 2. The van der Waals surface area contributed by atoms with Crippen LogP contribution in [0.1, 0.15) is 19.8 Å². The van der Waals surface area contributed by atoms with E-state index in [0.29, 0.717) is 6.54 Å². The van der Waals surface area contributed by atoms with E-state index < -0.39 is 6.09 Å². The molecule has 0 heterocycles. The van der Waals surface area contributed by atoms with Crippen LogP contribution in [0.3, 0.4) is 0 Å². The second-order valence-electron chi connectivity index (χ2n) is 3.92. The number of hydrogen-bond donors (Lipinski definition) is 1. The van der Waals surface area contributed by atoms with E-state index in [2.05, 4.69) is 15.0 Å². The SMILES string of the molecule is CCCCNC(=O)N(C)C(=NC(=O)OC)N(C)C. The molecule has 0 saturated heterocycles. The quantitative estimate of drug-likeness (QED) is 0.467. The number of nitrogens with zero attached hydrogens (tertiary/aromatic N) is 3. The highest BCUT2D eigenvalue weighted by Gasteiger charge is 2.17. The average Bonchev–Trinajstić information content (AvgIpc) is 2.34. The number of carbonyl (C=O) groups is 2. The number of nitrogens with one attached hydrogen (secondary N) is 1. The lowest BCUT2D eigenvalue weighted by Crippen LogP contribution is -2.47. The van der Waals surface area contributed by atoms with Crippen LogP contribution >= 0.6 is 0 Å². The Labute approximate surface area is 108 Å². The first-order valence-corrected chi connectivity index (χ1v) is 5.79. The van der Waals surface area contributed by atoms with Crippen molar-refractivity contribution in [2.45, 2.75) is 19.8 Å². The zero-order valence-corrected chi connectivity index (χ0v) is 11.7. The van der Waals surface area contributed by atoms with Gasteiger partial charge in [0, 0.05) is 27.7 Å². The molecule has 0 spiro atoms. The maximum atomic E-state index is 11.8. The van der Waals surface area contributed by atoms with Crippen molar-refractivity contribution in [3.05, 3.63) is 0 Å². The Bertz CT molecular complexity index is 315. The molecule has 0 fully saturated rings. The summed E-state index contributed by atoms with van der Waals surface area (Å²) < 4.78 is 4.45. The van der Waals surface area contributed by atoms with E-state index in [1.165, 1.54) is 12.0 Å². The third-order valence-corrected chi connectivity index (χ3v) is 2.18. The minimum absolute atomic E-state index is 0.218. The highest BCUT2D eigenvalue weighted by atomic mass is 16.5. The highest BCUT2D eigenvalue weighted by Crippen LogP contribution is 1.96. The summed E-state index contributed by atoms with van der Waals surface area (Å²) in [4.78, 5) is 29.4. The number of aliphatic imine (C=N–C) groups is 1. The lowest BCUT2D eigenvalue weighted by atomic mass is 10.3. The van der Waals surface area contributed by atoms with Gasteiger partial charge in [-0.1, -0.05) is 13.3 Å². The number of urea groups is 1. The van der Waals surface area contributed by atoms with Gasteiger partial charge in [-0.2, -0.15) is 0 Å². The van der Waals surface area contributed by atoms with Crippen LogP contribution in [0, 0.1) is 0 Å². The summed E-state index contributed by atoms with van der Waals surface area (Å²) in [5.41, 5.74) is 0. The van der Waals surface area contributed by atoms with Crippen LogP contribution in [0.5, 0.6) is 0 Å². The van der Waals surface area contributed by atoms with Crippen molar-refractivity contribution in [2.24, 2.45) is 4.99 Å². The lowest BCUT2D eigenvalue weighted by molar-refractivity contribution is 0.181. The van der Waals surface area contributed by atoms with Crippen molar-refractivity contribution in [1.82, 2.24) is 15.1 Å². The molecule has 0 aromatic carbocycles. The number of rotatable bonds is 3. The van der Waals surface area contributed by atoms with Gasteiger partial charge in [-0.3, -0.25) is 4.90 Å². The predicted octanol–water partition coefficient (Wildman–Crippen LogP) is 1.11. The maximum absolute atomic E-state index is 11.8. The molecule has 18 heavy (non-hydrogen) atoms. The van der Waals surface area contributed by atoms with Gasteiger partial charge >= 0.3 is 12.1 Å². The Hall–Kier alpha value is -1.79. The molecule has 0 aliphatic rings. The van der Waals surface area contributed by atoms with Crippen LogP contribution in [0.25, 0.3) is 0 Å². The standard InChI is InChI=1S/C11H22N4O3/c1-6-7-8-12-10(16)15(4)9(14(2)3)13-11(17)18-5/h6-8H2,1-5H3,(H,12,16). The Morgan fingerprint density at radius 1 is 1.28 bits per heavy atom. The minimum atomic E-state index is -0.744. The molecule has 1 N–H and O–H groups in total. The lowest BCUT2D eigenvalue weighted by Gasteiger charge is -2.24. The van der Waals surface area contributed by atoms with Crippen molar-refractivity contribution < 1.29 is 14.3 Å². The summed E-state index contributed by atoms with van der Waals surface area (Å²) >= 11 is 0. The molecule has 0 aliphatic carbocycles. The molecule has 0 rings (SSSR count). The molecule has 0 aliphatic heterocycles. The van der Waals surface area contributed by atoms with Gasteiger partial charge in [0.15, 0.2) is 0 Å². The number of amides is 3. The van der Waals surface area contributed by atoms with Crippen molar-refractivity contribution in [3.8, 4) is 0 Å². The van der Waals surface area contributed by atoms with Crippen LogP contribution in [-0.4, -0.2) is 62.7 Å². The molecule has 7 nitrogen and oxygen atoms in total. The van der Waals surface area contributed by atoms with E-state index >= 15 is 0 Å². The summed E-state index contributed by atoms with van der Waals surface area (Å²) in [6, 6.07) is -0.306. The van der Waals surface area contributed by atoms with Crippen LogP contribution in [0.4, 0.5) is 9.59 Å². The van der Waals surface area contributed by atoms with Crippen LogP contribution in [0.2, 0.25) is 0 Å². The molecule has 0 unspecified atom stereocenters. The van der Waals surface area contributed by atoms with Crippen LogP contribution in [0.15, 0.2) is 4.99 Å². The minimum Gasteiger partial charge on any atom is -0.451 e. The fourth-order valence-corrected chi connectivity index (χ4v) is 1.18. The zero-order chi connectivity index (χ0) is 14.1. The second-order valence-corrected chi connectivity index (χ2v) is 3.92. The summed E-state index contributed by atoms with van der Waals surface area (Å²) in [5, 5.41) is 2.74. The van der Waals surface area contributed by atoms with Crippen molar-refractivity contribution in [2.75, 3.05) is 34.8 Å². The smallest absolute Gasteiger partial charge is 0.436 e. The molecule has 0 saturated carbocycles. The molecule has 0 radical (unpaired) electrons. The van der Waals surface area contributed by atoms with Gasteiger partial charge in [0.1, 0.15) is 0 Å². The Kier molecular flexibility index (Phi) is 7.50. The Balaban J connectivity index is 4.66. The predicted molar refractivity (Wildman–Crippen MR) is 69.6 cm³/mol. The molecule has 104 valence electrons. The third-order valence-electron chi connectivity index (χ3n) is 2.18. The van der Waals surface area contributed by atoms with Crippen molar-refractivity contribution >= 4 is 18.1 Å². The van der Waals surface area contributed by atoms with Gasteiger partial charge in [-0.05, 0) is 6.42 Å². The molecule has 0 bridgehead atoms. The summed E-state index contributed by atoms with van der Waals surface area (Å²) in [6.07, 6.45) is 1.16. The first-order valence-electron chi connectivity index (χ1n) is 5.79. The number of methoxy groups -OCH3 is 1. The molecule has 0 atom stereocenters. The van der Waals surface area contributed by atoms with E-state index in [9.17, 15) is 9.59 Å². The fourth-order valence-electron chi connectivity index (χ4n) is 1.18. The van der Waals surface area contributed by atoms with E-state index in [4.69, 9.17) is 0 Å². The van der Waals surface area contributed by atoms with E-state index in [-0.39, 0.29) is 12.0 Å². The Morgan fingerprint density at radius 2 is 1.89 bits per heavy atom. The topological polar surface area (TPSA) is 74.2 Å². The monoisotopic (exact) mass is 258 g/mol. The van der Waals surface area contributed by atoms with Gasteiger partial charge in [0.05, 0.1) is 7.11 Å². The van der Waals surface area contributed by atoms with E-state index in [1.54, 1.807) is 26.0 Å². The maximum Gasteiger partial charge on any atom is 0.436 e. The molecule has 0 aromatic heterocycles. The molecule has 3 amide bonds. The van der Waals surface area contributed by atoms with Gasteiger partial charge in [0.25, 0.3) is 0 Å². The van der Waals surface area contributed by atoms with Gasteiger partial charge in [0.2, 0.25) is 5.96 Å². The van der Waals surface area contributed by atoms with Gasteiger partial charge in [-0.25, -0.2) is 9.59 Å². The highest BCUT2D eigenvalue weighted by molar-refractivity contribution is 5.99. The van der Waals surface area contributed by atoms with Crippen molar-refractivity contribution in [1.29, 1.82) is 0 Å². The Morgan fingerprint density at radius 3 is 2.33 bits per heavy atom. The summed E-state index contributed by atoms with van der Waals surface area (Å²) in [5.74, 6) is 0.218. The number of ether oxygens (including phenoxy) is 1. The summed E-state index contributed by atoms with van der Waals surface area (Å²) in [7, 11) is 6.17. The largest absolute Gasteiger partial charge is 0.451 e. The molecule has 7 heteroatoms. The third kappa shape index (κ3) is 5.51. The van der Waals surface area contributed by atoms with Gasteiger partial charge in [-0.15, -0.1) is 4.99 Å². The normalized spacial score (nSPS) is 10.8. The van der Waals surface area contributed by atoms with Crippen molar-refractivity contribution in [3.63, 3.8) is 0 Å². The molecular weight excluding hydrogens is 236 g/mol. The number of hydrogen-bond acceptors (Lipinski definition) is 3. The van der Waals surface area contributed by atoms with E-state index in [0.717, 1.165) is 12.8 Å². The van der Waals surface area contributed by atoms with Crippen LogP contribution < -0.4 is 5.32 Å².